The summed E-state index contributed by atoms with van der Waals surface area (Å²) in [5, 5.41) is 5.65. The Morgan fingerprint density at radius 1 is 1.28 bits per heavy atom. The van der Waals surface area contributed by atoms with E-state index in [1.54, 1.807) is 5.38 Å². The second-order valence-electron chi connectivity index (χ2n) is 3.21. The average Bonchev–Trinajstić information content (AvgIpc) is 2.75. The smallest absolute Gasteiger partial charge is 0.205 e. The number of hydrogen-bond donors (Lipinski definition) is 2. The fourth-order valence-electron chi connectivity index (χ4n) is 1.14. The number of benzene rings is 1. The number of rotatable bonds is 3. The number of nitrogens with two attached hydrogens (primary N) is 1. The molecule has 0 saturated heterocycles. The molecule has 2 rings (SSSR count). The summed E-state index contributed by atoms with van der Waals surface area (Å²) in [7, 11) is 0. The Morgan fingerprint density at radius 3 is 2.72 bits per heavy atom. The van der Waals surface area contributed by atoms with Crippen molar-refractivity contribution in [3.63, 3.8) is 0 Å². The third-order valence-electron chi connectivity index (χ3n) is 1.95. The molecule has 1 aromatic carbocycles. The van der Waals surface area contributed by atoms with E-state index in [1.165, 1.54) is 11.3 Å². The molecule has 0 saturated carbocycles. The second-order valence-corrected chi connectivity index (χ2v) is 4.07. The van der Waals surface area contributed by atoms with Crippen LogP contribution < -0.4 is 11.2 Å². The number of thiazole rings is 1. The van der Waals surface area contributed by atoms with Gasteiger partial charge in [0.2, 0.25) is 5.13 Å². The van der Waals surface area contributed by atoms with Crippen LogP contribution in [0.25, 0.3) is 0 Å². The van der Waals surface area contributed by atoms with Crippen LogP contribution in [0.15, 0.2) is 22.6 Å². The molecular weight excluding hydrogens is 265 g/mol. The molecule has 0 amide bonds. The lowest BCUT2D eigenvalue weighted by atomic mass is 10.2. The average molecular weight is 272 g/mol. The molecule has 0 bridgehead atoms. The molecule has 4 nitrogen and oxygen atoms in total. The largest absolute Gasteiger partial charge is 0.383 e. The third-order valence-corrected chi connectivity index (χ3v) is 2.72. The Kier molecular flexibility index (Phi) is 3.47. The lowest BCUT2D eigenvalue weighted by Crippen LogP contribution is -1.98. The van der Waals surface area contributed by atoms with E-state index < -0.39 is 17.5 Å². The SMILES string of the molecule is Nc1csc(NN=Cc2ccc(F)c(F)c2F)n1. The van der Waals surface area contributed by atoms with Crippen LogP contribution in [-0.2, 0) is 0 Å². The number of nitrogen functional groups attached to an aromatic ring is 1. The molecule has 0 aliphatic heterocycles. The van der Waals surface area contributed by atoms with E-state index in [0.29, 0.717) is 10.9 Å². The second kappa shape index (κ2) is 5.05. The molecule has 0 fully saturated rings. The van der Waals surface area contributed by atoms with Crippen LogP contribution in [0.2, 0.25) is 0 Å². The highest BCUT2D eigenvalue weighted by atomic mass is 32.1. The molecule has 0 aliphatic rings. The molecule has 94 valence electrons. The van der Waals surface area contributed by atoms with Crippen molar-refractivity contribution in [1.82, 2.24) is 4.98 Å². The van der Waals surface area contributed by atoms with Crippen molar-refractivity contribution < 1.29 is 13.2 Å². The minimum atomic E-state index is -1.53. The maximum absolute atomic E-state index is 13.2. The lowest BCUT2D eigenvalue weighted by Gasteiger charge is -1.99. The van der Waals surface area contributed by atoms with Gasteiger partial charge >= 0.3 is 0 Å². The number of anilines is 2. The molecule has 8 heteroatoms. The van der Waals surface area contributed by atoms with Gasteiger partial charge < -0.3 is 5.73 Å². The third kappa shape index (κ3) is 2.59. The number of hydrazone groups is 1. The fraction of sp³-hybridized carbons (Fsp3) is 0. The molecular formula is C10H7F3N4S. The van der Waals surface area contributed by atoms with Crippen molar-refractivity contribution in [2.24, 2.45) is 5.10 Å². The highest BCUT2D eigenvalue weighted by Crippen LogP contribution is 2.17. The normalized spacial score (nSPS) is 11.1. The van der Waals surface area contributed by atoms with Crippen LogP contribution in [-0.4, -0.2) is 11.2 Å². The molecule has 1 aromatic heterocycles. The minimum absolute atomic E-state index is 0.175. The number of aromatic nitrogens is 1. The number of nitrogens with one attached hydrogen (secondary N) is 1. The first-order valence-electron chi connectivity index (χ1n) is 4.71. The first kappa shape index (κ1) is 12.4. The van der Waals surface area contributed by atoms with Gasteiger partial charge in [0.15, 0.2) is 17.5 Å². The maximum Gasteiger partial charge on any atom is 0.205 e. The maximum atomic E-state index is 13.2. The van der Waals surface area contributed by atoms with Gasteiger partial charge in [-0.1, -0.05) is 0 Å². The van der Waals surface area contributed by atoms with E-state index in [9.17, 15) is 13.2 Å². The van der Waals surface area contributed by atoms with Gasteiger partial charge in [-0.25, -0.2) is 18.2 Å². The van der Waals surface area contributed by atoms with Crippen LogP contribution in [0.4, 0.5) is 24.1 Å². The zero-order valence-corrected chi connectivity index (χ0v) is 9.64. The highest BCUT2D eigenvalue weighted by molar-refractivity contribution is 7.14. The van der Waals surface area contributed by atoms with E-state index in [-0.39, 0.29) is 5.56 Å². The Balaban J connectivity index is 2.12. The summed E-state index contributed by atoms with van der Waals surface area (Å²) in [5.74, 6) is -3.74. The van der Waals surface area contributed by atoms with Gasteiger partial charge in [-0.3, -0.25) is 5.43 Å². The van der Waals surface area contributed by atoms with E-state index in [2.05, 4.69) is 15.5 Å². The predicted molar refractivity (Wildman–Crippen MR) is 64.1 cm³/mol. The van der Waals surface area contributed by atoms with Crippen molar-refractivity contribution in [3.8, 4) is 0 Å². The number of nitrogens with zero attached hydrogens (tertiary/aromatic N) is 2. The first-order valence-corrected chi connectivity index (χ1v) is 5.59. The summed E-state index contributed by atoms with van der Waals surface area (Å²) < 4.78 is 38.8. The summed E-state index contributed by atoms with van der Waals surface area (Å²) in [5.41, 5.74) is 7.69. The van der Waals surface area contributed by atoms with E-state index in [4.69, 9.17) is 5.73 Å². The summed E-state index contributed by atoms with van der Waals surface area (Å²) >= 11 is 1.21. The highest BCUT2D eigenvalue weighted by Gasteiger charge is 2.11. The molecule has 0 radical (unpaired) electrons. The predicted octanol–water partition coefficient (Wildman–Crippen LogP) is 2.59. The van der Waals surface area contributed by atoms with Crippen molar-refractivity contribution in [2.45, 2.75) is 0 Å². The molecule has 0 unspecified atom stereocenters. The summed E-state index contributed by atoms with van der Waals surface area (Å²) in [6.07, 6.45) is 1.02. The van der Waals surface area contributed by atoms with Crippen molar-refractivity contribution in [1.29, 1.82) is 0 Å². The first-order chi connectivity index (χ1) is 8.58. The fourth-order valence-corrected chi connectivity index (χ4v) is 1.68. The summed E-state index contributed by atoms with van der Waals surface area (Å²) in [6, 6.07) is 1.90. The zero-order chi connectivity index (χ0) is 13.1. The van der Waals surface area contributed by atoms with E-state index in [0.717, 1.165) is 18.3 Å². The Bertz CT molecular complexity index is 597. The standard InChI is InChI=1S/C10H7F3N4S/c11-6-2-1-5(8(12)9(6)13)3-15-17-10-16-7(14)4-18-10/h1-4H,14H2,(H,16,17). The monoisotopic (exact) mass is 272 g/mol. The topological polar surface area (TPSA) is 63.3 Å². The molecule has 0 spiro atoms. The molecule has 2 aromatic rings. The van der Waals surface area contributed by atoms with Crippen LogP contribution in [0.5, 0.6) is 0 Å². The zero-order valence-electron chi connectivity index (χ0n) is 8.82. The van der Waals surface area contributed by atoms with Crippen molar-refractivity contribution in [3.05, 3.63) is 40.5 Å². The molecule has 0 aliphatic carbocycles. The molecule has 3 N–H and O–H groups in total. The summed E-state index contributed by atoms with van der Waals surface area (Å²) in [6.45, 7) is 0. The molecule has 0 atom stereocenters. The molecule has 18 heavy (non-hydrogen) atoms. The van der Waals surface area contributed by atoms with E-state index >= 15 is 0 Å². The van der Waals surface area contributed by atoms with Crippen LogP contribution in [0, 0.1) is 17.5 Å². The quantitative estimate of drug-likeness (QED) is 0.513. The number of halogens is 3. The lowest BCUT2D eigenvalue weighted by molar-refractivity contribution is 0.446. The van der Waals surface area contributed by atoms with Gasteiger partial charge in [-0.15, -0.1) is 11.3 Å². The Labute approximate surface area is 104 Å². The van der Waals surface area contributed by atoms with Gasteiger partial charge in [0, 0.05) is 10.9 Å². The Hall–Kier alpha value is -2.09. The van der Waals surface area contributed by atoms with Gasteiger partial charge in [0.1, 0.15) is 5.82 Å². The minimum Gasteiger partial charge on any atom is -0.383 e. The van der Waals surface area contributed by atoms with Crippen molar-refractivity contribution >= 4 is 28.5 Å². The van der Waals surface area contributed by atoms with Crippen LogP contribution in [0.3, 0.4) is 0 Å². The van der Waals surface area contributed by atoms with E-state index in [1.807, 2.05) is 0 Å². The molecule has 1 heterocycles. The van der Waals surface area contributed by atoms with Gasteiger partial charge in [0.25, 0.3) is 0 Å². The van der Waals surface area contributed by atoms with Crippen LogP contribution >= 0.6 is 11.3 Å². The summed E-state index contributed by atoms with van der Waals surface area (Å²) in [4.78, 5) is 3.84. The number of hydrogen-bond acceptors (Lipinski definition) is 5. The van der Waals surface area contributed by atoms with Crippen LogP contribution in [0.1, 0.15) is 5.56 Å². The Morgan fingerprint density at radius 2 is 2.06 bits per heavy atom. The van der Waals surface area contributed by atoms with Gasteiger partial charge in [-0.2, -0.15) is 5.10 Å². The van der Waals surface area contributed by atoms with Crippen molar-refractivity contribution in [2.75, 3.05) is 11.2 Å². The van der Waals surface area contributed by atoms with Gasteiger partial charge in [0.05, 0.1) is 6.21 Å². The van der Waals surface area contributed by atoms with Gasteiger partial charge in [-0.05, 0) is 12.1 Å².